The maximum Gasteiger partial charge on any atom is 0.410 e. The van der Waals surface area contributed by atoms with Gasteiger partial charge in [-0.25, -0.2) is 24.5 Å². The number of carbonyl (C=O) groups excluding carboxylic acids is 2. The second kappa shape index (κ2) is 23.7. The minimum atomic E-state index is -0.800. The van der Waals surface area contributed by atoms with E-state index in [1.165, 1.54) is 57.4 Å². The number of alkyl carbamates (subject to hydrolysis) is 1. The summed E-state index contributed by atoms with van der Waals surface area (Å²) in [6.45, 7) is 13.9. The lowest BCUT2D eigenvalue weighted by atomic mass is 10.0. The summed E-state index contributed by atoms with van der Waals surface area (Å²) in [5.74, 6) is 0.882. The number of rotatable bonds is 24. The second-order valence-electron chi connectivity index (χ2n) is 14.6. The number of hydrogen-bond acceptors (Lipinski definition) is 10. The van der Waals surface area contributed by atoms with E-state index in [1.807, 2.05) is 52.0 Å². The van der Waals surface area contributed by atoms with Crippen LogP contribution < -0.4 is 10.1 Å². The summed E-state index contributed by atoms with van der Waals surface area (Å²) in [4.78, 5) is 38.4. The number of nitrogens with zero attached hydrogens (tertiary/aromatic N) is 3. The Morgan fingerprint density at radius 3 is 1.77 bits per heavy atom. The maximum atomic E-state index is 12.5. The zero-order valence-corrected chi connectivity index (χ0v) is 34.4. The molecule has 1 amide bonds. The highest BCUT2D eigenvalue weighted by molar-refractivity contribution is 5.81. The van der Waals surface area contributed by atoms with Crippen LogP contribution in [0.3, 0.4) is 0 Å². The molecule has 0 saturated carbocycles. The molecule has 0 aliphatic carbocycles. The largest absolute Gasteiger partial charge is 0.507 e. The van der Waals surface area contributed by atoms with Crippen molar-refractivity contribution < 1.29 is 33.6 Å². The minimum absolute atomic E-state index is 0.0592. The monoisotopic (exact) mass is 780 g/mol. The molecule has 3 aromatic carbocycles. The molecule has 0 fully saturated rings. The predicted molar refractivity (Wildman–Crippen MR) is 224 cm³/mol. The van der Waals surface area contributed by atoms with Crippen molar-refractivity contribution in [2.24, 2.45) is 0 Å². The van der Waals surface area contributed by atoms with Crippen molar-refractivity contribution in [3.63, 3.8) is 0 Å². The minimum Gasteiger partial charge on any atom is -0.507 e. The zero-order chi connectivity index (χ0) is 41.0. The van der Waals surface area contributed by atoms with Crippen molar-refractivity contribution in [2.75, 3.05) is 26.6 Å². The van der Waals surface area contributed by atoms with E-state index in [0.717, 1.165) is 58.7 Å². The van der Waals surface area contributed by atoms with Crippen LogP contribution in [0.4, 0.5) is 4.79 Å². The van der Waals surface area contributed by atoms with Crippen molar-refractivity contribution in [3.8, 4) is 45.7 Å². The van der Waals surface area contributed by atoms with Crippen LogP contribution >= 0.6 is 0 Å². The van der Waals surface area contributed by atoms with E-state index in [-0.39, 0.29) is 25.7 Å². The third kappa shape index (κ3) is 15.0. The summed E-state index contributed by atoms with van der Waals surface area (Å²) in [5.41, 5.74) is 6.45. The van der Waals surface area contributed by atoms with Crippen molar-refractivity contribution in [2.45, 2.75) is 111 Å². The Morgan fingerprint density at radius 1 is 0.719 bits per heavy atom. The number of hydrogen-bond donors (Lipinski definition) is 2. The van der Waals surface area contributed by atoms with Gasteiger partial charge in [-0.05, 0) is 57.4 Å². The number of phenols is 1. The van der Waals surface area contributed by atoms with E-state index in [0.29, 0.717) is 35.4 Å². The van der Waals surface area contributed by atoms with Gasteiger partial charge in [-0.2, -0.15) is 0 Å². The number of aromatic hydroxyl groups is 1. The Morgan fingerprint density at radius 2 is 1.25 bits per heavy atom. The third-order valence-corrected chi connectivity index (χ3v) is 9.59. The van der Waals surface area contributed by atoms with E-state index in [2.05, 4.69) is 31.0 Å². The molecule has 1 unspecified atom stereocenters. The van der Waals surface area contributed by atoms with Crippen molar-refractivity contribution >= 4 is 12.1 Å². The summed E-state index contributed by atoms with van der Waals surface area (Å²) in [6, 6.07) is 17.1. The smallest absolute Gasteiger partial charge is 0.410 e. The molecule has 11 heteroatoms. The van der Waals surface area contributed by atoms with Gasteiger partial charge < -0.3 is 24.1 Å². The quantitative estimate of drug-likeness (QED) is 0.0305. The summed E-state index contributed by atoms with van der Waals surface area (Å²) in [6.07, 6.45) is 12.9. The van der Waals surface area contributed by atoms with Gasteiger partial charge in [0.25, 0.3) is 0 Å². The first-order valence-electron chi connectivity index (χ1n) is 20.3. The van der Waals surface area contributed by atoms with Gasteiger partial charge in [0.2, 0.25) is 0 Å². The van der Waals surface area contributed by atoms with Crippen LogP contribution in [0, 0.1) is 27.7 Å². The number of aromatic nitrogens is 3. The van der Waals surface area contributed by atoms with Gasteiger partial charge in [-0.1, -0.05) is 125 Å². The van der Waals surface area contributed by atoms with Crippen LogP contribution in [-0.2, 0) is 19.0 Å². The topological polar surface area (TPSA) is 142 Å². The van der Waals surface area contributed by atoms with Gasteiger partial charge in [-0.15, -0.1) is 0 Å². The van der Waals surface area contributed by atoms with Crippen molar-refractivity contribution in [3.05, 3.63) is 89.5 Å². The van der Waals surface area contributed by atoms with Crippen LogP contribution in [0.1, 0.15) is 99.8 Å². The van der Waals surface area contributed by atoms with Gasteiger partial charge in [0.1, 0.15) is 18.1 Å². The van der Waals surface area contributed by atoms with Crippen molar-refractivity contribution in [1.29, 1.82) is 0 Å². The highest BCUT2D eigenvalue weighted by Gasteiger charge is 2.20. The van der Waals surface area contributed by atoms with Crippen LogP contribution in [0.15, 0.2) is 67.3 Å². The number of unbranched alkanes of at least 4 members (excludes halogenated alkanes) is 10. The van der Waals surface area contributed by atoms with Gasteiger partial charge >= 0.3 is 12.1 Å². The zero-order valence-electron chi connectivity index (χ0n) is 34.4. The van der Waals surface area contributed by atoms with E-state index < -0.39 is 18.2 Å². The second-order valence-corrected chi connectivity index (χ2v) is 14.6. The highest BCUT2D eigenvalue weighted by Crippen LogP contribution is 2.34. The molecule has 2 N–H and O–H groups in total. The third-order valence-electron chi connectivity index (χ3n) is 9.59. The average molecular weight is 781 g/mol. The van der Waals surface area contributed by atoms with Crippen LogP contribution in [0.25, 0.3) is 34.2 Å². The lowest BCUT2D eigenvalue weighted by Crippen LogP contribution is -2.36. The van der Waals surface area contributed by atoms with E-state index in [1.54, 1.807) is 12.1 Å². The molecule has 1 heterocycles. The summed E-state index contributed by atoms with van der Waals surface area (Å²) in [5, 5.41) is 13.7. The number of nitrogens with one attached hydrogen (secondary N) is 1. The average Bonchev–Trinajstić information content (AvgIpc) is 3.18. The molecule has 0 saturated heterocycles. The normalized spacial score (nSPS) is 11.5. The first kappa shape index (κ1) is 44.4. The summed E-state index contributed by atoms with van der Waals surface area (Å²) in [7, 11) is 0. The standard InChI is InChI=1S/C46H60N4O7/c1-7-9-10-11-12-13-14-15-16-17-18-25-54-29-37(57-46(53)47-31-56-42(52)8-2)30-55-36-21-24-40(41(51)28-36)45-49-43(38-22-19-32(3)26-34(38)5)48-44(50-45)39-23-20-33(4)27-35(39)6/h8,19-24,26-28,37,51H,2,7,9-18,25,29-31H2,1,3-6H3,(H,47,53). The van der Waals surface area contributed by atoms with Gasteiger partial charge in [0, 0.05) is 29.9 Å². The van der Waals surface area contributed by atoms with Gasteiger partial charge in [0.15, 0.2) is 30.3 Å². The summed E-state index contributed by atoms with van der Waals surface area (Å²) < 4.78 is 22.3. The van der Waals surface area contributed by atoms with Crippen LogP contribution in [0.5, 0.6) is 11.5 Å². The molecular weight excluding hydrogens is 721 g/mol. The molecule has 306 valence electrons. The van der Waals surface area contributed by atoms with E-state index >= 15 is 0 Å². The molecule has 0 bridgehead atoms. The first-order valence-corrected chi connectivity index (χ1v) is 20.3. The number of benzene rings is 3. The molecule has 0 spiro atoms. The molecule has 1 atom stereocenters. The van der Waals surface area contributed by atoms with Crippen LogP contribution in [0.2, 0.25) is 0 Å². The summed E-state index contributed by atoms with van der Waals surface area (Å²) >= 11 is 0. The van der Waals surface area contributed by atoms with Crippen LogP contribution in [-0.4, -0.2) is 64.8 Å². The number of ether oxygens (including phenoxy) is 4. The Labute approximate surface area is 338 Å². The molecule has 0 aliphatic rings. The molecule has 0 radical (unpaired) electrons. The lowest BCUT2D eigenvalue weighted by molar-refractivity contribution is -0.138. The fourth-order valence-corrected chi connectivity index (χ4v) is 6.46. The molecule has 4 aromatic rings. The Balaban J connectivity index is 1.42. The fraction of sp³-hybridized carbons (Fsp3) is 0.457. The Hall–Kier alpha value is -5.29. The van der Waals surface area contributed by atoms with E-state index in [4.69, 9.17) is 33.9 Å². The number of amides is 1. The van der Waals surface area contributed by atoms with Gasteiger partial charge in [-0.3, -0.25) is 5.32 Å². The predicted octanol–water partition coefficient (Wildman–Crippen LogP) is 10.3. The molecular formula is C46H60N4O7. The number of carbonyl (C=O) groups is 2. The Kier molecular flexibility index (Phi) is 18.5. The van der Waals surface area contributed by atoms with Gasteiger partial charge in [0.05, 0.1) is 12.2 Å². The molecule has 11 nitrogen and oxygen atoms in total. The van der Waals surface area contributed by atoms with E-state index in [9.17, 15) is 14.7 Å². The molecule has 1 aromatic heterocycles. The lowest BCUT2D eigenvalue weighted by Gasteiger charge is -2.19. The highest BCUT2D eigenvalue weighted by atomic mass is 16.6. The number of phenolic OH excluding ortho intramolecular Hbond substituents is 1. The fourth-order valence-electron chi connectivity index (χ4n) is 6.46. The Bertz CT molecular complexity index is 1840. The first-order chi connectivity index (χ1) is 27.6. The van der Waals surface area contributed by atoms with Crippen molar-refractivity contribution in [1.82, 2.24) is 20.3 Å². The number of aryl methyl sites for hydroxylation is 4. The molecule has 4 rings (SSSR count). The number of esters is 1. The molecule has 57 heavy (non-hydrogen) atoms. The SMILES string of the molecule is C=CC(=O)OCNC(=O)OC(COCCCCCCCCCCCCC)COc1ccc(-c2nc(-c3ccc(C)cc3C)nc(-c3ccc(C)cc3C)n2)c(O)c1. The molecule has 0 aliphatic heterocycles. The maximum absolute atomic E-state index is 12.5.